The van der Waals surface area contributed by atoms with Gasteiger partial charge in [-0.1, -0.05) is 30.0 Å². The maximum atomic E-state index is 13.1. The number of nitrogens with one attached hydrogen (secondary N) is 1. The van der Waals surface area contributed by atoms with Gasteiger partial charge in [0.05, 0.1) is 11.8 Å². The average Bonchev–Trinajstić information content (AvgIpc) is 3.31. The Labute approximate surface area is 171 Å². The van der Waals surface area contributed by atoms with Crippen molar-refractivity contribution in [2.24, 2.45) is 7.05 Å². The van der Waals surface area contributed by atoms with Gasteiger partial charge in [0.1, 0.15) is 17.2 Å². The van der Waals surface area contributed by atoms with Crippen molar-refractivity contribution in [2.75, 3.05) is 5.75 Å². The molecule has 0 bridgehead atoms. The van der Waals surface area contributed by atoms with Gasteiger partial charge in [0, 0.05) is 18.0 Å². The standard InChI is InChI=1S/C21H19FN4O2S/c1-13(18-11-15-5-3-4-6-17(15)28-18)23-19(27)12-29-21-25-24-20(26(21)2)14-7-9-16(22)10-8-14/h3-11,13H,12H2,1-2H3,(H,23,27)/t13-/m1/s1. The maximum Gasteiger partial charge on any atom is 0.231 e. The number of para-hydroxylation sites is 1. The fourth-order valence-electron chi connectivity index (χ4n) is 2.99. The molecular weight excluding hydrogens is 391 g/mol. The number of hydrogen-bond acceptors (Lipinski definition) is 5. The van der Waals surface area contributed by atoms with Gasteiger partial charge in [0.15, 0.2) is 11.0 Å². The van der Waals surface area contributed by atoms with Gasteiger partial charge in [-0.15, -0.1) is 10.2 Å². The molecule has 0 radical (unpaired) electrons. The van der Waals surface area contributed by atoms with Crippen molar-refractivity contribution in [3.63, 3.8) is 0 Å². The number of benzene rings is 2. The Morgan fingerprint density at radius 2 is 1.97 bits per heavy atom. The number of furan rings is 1. The minimum Gasteiger partial charge on any atom is -0.459 e. The summed E-state index contributed by atoms with van der Waals surface area (Å²) in [5, 5.41) is 12.8. The number of carbonyl (C=O) groups excluding carboxylic acids is 1. The molecule has 2 aromatic carbocycles. The fourth-order valence-corrected chi connectivity index (χ4v) is 3.71. The van der Waals surface area contributed by atoms with E-state index in [-0.39, 0.29) is 23.5 Å². The van der Waals surface area contributed by atoms with E-state index in [1.807, 2.05) is 44.3 Å². The third-order valence-electron chi connectivity index (χ3n) is 4.52. The molecule has 0 saturated heterocycles. The summed E-state index contributed by atoms with van der Waals surface area (Å²) in [6.07, 6.45) is 0. The lowest BCUT2D eigenvalue weighted by molar-refractivity contribution is -0.119. The van der Waals surface area contributed by atoms with E-state index in [0.29, 0.717) is 16.7 Å². The molecule has 1 amide bonds. The first kappa shape index (κ1) is 19.2. The van der Waals surface area contributed by atoms with Crippen molar-refractivity contribution in [1.82, 2.24) is 20.1 Å². The van der Waals surface area contributed by atoms with Crippen molar-refractivity contribution in [2.45, 2.75) is 18.1 Å². The Bertz CT molecular complexity index is 1120. The van der Waals surface area contributed by atoms with Gasteiger partial charge in [0.2, 0.25) is 5.91 Å². The molecule has 0 aliphatic heterocycles. The Kier molecular flexibility index (Phi) is 5.35. The number of thioether (sulfide) groups is 1. The molecule has 4 rings (SSSR count). The molecule has 0 aliphatic carbocycles. The highest BCUT2D eigenvalue weighted by Crippen LogP contribution is 2.25. The summed E-state index contributed by atoms with van der Waals surface area (Å²) < 4.78 is 20.7. The number of halogens is 1. The van der Waals surface area contributed by atoms with E-state index in [2.05, 4.69) is 15.5 Å². The van der Waals surface area contributed by atoms with E-state index in [1.54, 1.807) is 16.7 Å². The minimum atomic E-state index is -0.305. The number of aromatic nitrogens is 3. The Morgan fingerprint density at radius 1 is 1.21 bits per heavy atom. The van der Waals surface area contributed by atoms with Crippen molar-refractivity contribution in [1.29, 1.82) is 0 Å². The summed E-state index contributed by atoms with van der Waals surface area (Å²) >= 11 is 1.29. The Morgan fingerprint density at radius 3 is 2.72 bits per heavy atom. The number of amides is 1. The van der Waals surface area contributed by atoms with Crippen molar-refractivity contribution in [3.05, 3.63) is 66.2 Å². The zero-order chi connectivity index (χ0) is 20.4. The van der Waals surface area contributed by atoms with Crippen LogP contribution in [0.4, 0.5) is 4.39 Å². The predicted molar refractivity (Wildman–Crippen MR) is 110 cm³/mol. The number of carbonyl (C=O) groups is 1. The van der Waals surface area contributed by atoms with Crippen LogP contribution in [0.5, 0.6) is 0 Å². The SMILES string of the molecule is C[C@@H](NC(=O)CSc1nnc(-c2ccc(F)cc2)n1C)c1cc2ccccc2o1. The second kappa shape index (κ2) is 8.08. The zero-order valence-corrected chi connectivity index (χ0v) is 16.7. The second-order valence-electron chi connectivity index (χ2n) is 6.64. The van der Waals surface area contributed by atoms with Crippen LogP contribution in [0.3, 0.4) is 0 Å². The molecule has 1 atom stereocenters. The summed E-state index contributed by atoms with van der Waals surface area (Å²) in [6.45, 7) is 1.88. The molecule has 2 aromatic heterocycles. The molecule has 29 heavy (non-hydrogen) atoms. The summed E-state index contributed by atoms with van der Waals surface area (Å²) in [5.41, 5.74) is 1.56. The predicted octanol–water partition coefficient (Wildman–Crippen LogP) is 4.34. The average molecular weight is 410 g/mol. The first-order valence-electron chi connectivity index (χ1n) is 9.07. The van der Waals surface area contributed by atoms with Crippen LogP contribution < -0.4 is 5.32 Å². The molecule has 8 heteroatoms. The number of nitrogens with zero attached hydrogens (tertiary/aromatic N) is 3. The van der Waals surface area contributed by atoms with Crippen LogP contribution in [-0.4, -0.2) is 26.4 Å². The second-order valence-corrected chi connectivity index (χ2v) is 7.58. The highest BCUT2D eigenvalue weighted by Gasteiger charge is 2.16. The van der Waals surface area contributed by atoms with Crippen molar-refractivity contribution < 1.29 is 13.6 Å². The molecule has 6 nitrogen and oxygen atoms in total. The molecule has 2 heterocycles. The summed E-state index contributed by atoms with van der Waals surface area (Å²) in [4.78, 5) is 12.4. The number of fused-ring (bicyclic) bond motifs is 1. The molecular formula is C21H19FN4O2S. The Balaban J connectivity index is 1.37. The van der Waals surface area contributed by atoms with Crippen molar-refractivity contribution in [3.8, 4) is 11.4 Å². The zero-order valence-electron chi connectivity index (χ0n) is 15.9. The first-order chi connectivity index (χ1) is 14.0. The first-order valence-corrected chi connectivity index (χ1v) is 10.1. The van der Waals surface area contributed by atoms with E-state index in [1.165, 1.54) is 23.9 Å². The van der Waals surface area contributed by atoms with Crippen molar-refractivity contribution >= 4 is 28.6 Å². The molecule has 1 N–H and O–H groups in total. The monoisotopic (exact) mass is 410 g/mol. The molecule has 0 saturated carbocycles. The topological polar surface area (TPSA) is 73.0 Å². The normalized spacial score (nSPS) is 12.2. The quantitative estimate of drug-likeness (QED) is 0.479. The molecule has 4 aromatic rings. The van der Waals surface area contributed by atoms with E-state index < -0.39 is 0 Å². The summed E-state index contributed by atoms with van der Waals surface area (Å²) in [7, 11) is 1.82. The summed E-state index contributed by atoms with van der Waals surface area (Å²) in [5.74, 6) is 1.08. The largest absolute Gasteiger partial charge is 0.459 e. The van der Waals surface area contributed by atoms with E-state index >= 15 is 0 Å². The van der Waals surface area contributed by atoms with Crippen LogP contribution in [0.15, 0.2) is 64.2 Å². The third-order valence-corrected chi connectivity index (χ3v) is 5.54. The van der Waals surface area contributed by atoms with Crippen LogP contribution in [0.25, 0.3) is 22.4 Å². The van der Waals surface area contributed by atoms with Gasteiger partial charge in [-0.2, -0.15) is 0 Å². The lowest BCUT2D eigenvalue weighted by Gasteiger charge is -2.11. The van der Waals surface area contributed by atoms with Crippen LogP contribution in [-0.2, 0) is 11.8 Å². The van der Waals surface area contributed by atoms with Gasteiger partial charge < -0.3 is 14.3 Å². The lowest BCUT2D eigenvalue weighted by atomic mass is 10.2. The molecule has 0 aliphatic rings. The summed E-state index contributed by atoms with van der Waals surface area (Å²) in [6, 6.07) is 15.5. The number of rotatable bonds is 6. The van der Waals surface area contributed by atoms with Crippen LogP contribution >= 0.6 is 11.8 Å². The van der Waals surface area contributed by atoms with Crippen LogP contribution in [0.1, 0.15) is 18.7 Å². The van der Waals surface area contributed by atoms with Gasteiger partial charge in [-0.05, 0) is 43.3 Å². The van der Waals surface area contributed by atoms with E-state index in [9.17, 15) is 9.18 Å². The molecule has 0 unspecified atom stereocenters. The Hall–Kier alpha value is -3.13. The number of hydrogen-bond donors (Lipinski definition) is 1. The minimum absolute atomic E-state index is 0.130. The van der Waals surface area contributed by atoms with E-state index in [4.69, 9.17) is 4.42 Å². The fraction of sp³-hybridized carbons (Fsp3) is 0.190. The maximum absolute atomic E-state index is 13.1. The molecule has 0 spiro atoms. The van der Waals surface area contributed by atoms with Crippen LogP contribution in [0, 0.1) is 5.82 Å². The van der Waals surface area contributed by atoms with Crippen LogP contribution in [0.2, 0.25) is 0 Å². The van der Waals surface area contributed by atoms with E-state index in [0.717, 1.165) is 16.5 Å². The molecule has 148 valence electrons. The third kappa shape index (κ3) is 4.17. The van der Waals surface area contributed by atoms with Gasteiger partial charge in [-0.25, -0.2) is 4.39 Å². The lowest BCUT2D eigenvalue weighted by Crippen LogP contribution is -2.28. The van der Waals surface area contributed by atoms with Gasteiger partial charge >= 0.3 is 0 Å². The molecule has 0 fully saturated rings. The van der Waals surface area contributed by atoms with Gasteiger partial charge in [-0.3, -0.25) is 4.79 Å². The smallest absolute Gasteiger partial charge is 0.231 e. The van der Waals surface area contributed by atoms with Gasteiger partial charge in [0.25, 0.3) is 0 Å². The highest BCUT2D eigenvalue weighted by atomic mass is 32.2. The highest BCUT2D eigenvalue weighted by molar-refractivity contribution is 7.99.